The van der Waals surface area contributed by atoms with Gasteiger partial charge >= 0.3 is 0 Å². The van der Waals surface area contributed by atoms with E-state index in [0.29, 0.717) is 6.42 Å². The maximum Gasteiger partial charge on any atom is 0.0924 e. The Bertz CT molecular complexity index is 511. The molecule has 0 aliphatic carbocycles. The molecule has 15 heavy (non-hydrogen) atoms. The fourth-order valence-electron chi connectivity index (χ4n) is 1.33. The lowest BCUT2D eigenvalue weighted by Crippen LogP contribution is -1.78. The van der Waals surface area contributed by atoms with E-state index in [2.05, 4.69) is 32.2 Å². The number of rotatable bonds is 2. The zero-order chi connectivity index (χ0) is 10.7. The molecule has 0 radical (unpaired) electrons. The van der Waals surface area contributed by atoms with Crippen LogP contribution in [0.25, 0.3) is 11.3 Å². The van der Waals surface area contributed by atoms with Crippen LogP contribution in [0.4, 0.5) is 0 Å². The van der Waals surface area contributed by atoms with Gasteiger partial charge in [0.2, 0.25) is 0 Å². The molecule has 0 aliphatic rings. The van der Waals surface area contributed by atoms with Crippen molar-refractivity contribution in [2.75, 3.05) is 0 Å². The van der Waals surface area contributed by atoms with E-state index >= 15 is 0 Å². The number of aromatic amines is 1. The van der Waals surface area contributed by atoms with E-state index in [1.807, 2.05) is 30.3 Å². The fourth-order valence-corrected chi connectivity index (χ4v) is 1.73. The highest BCUT2D eigenvalue weighted by Gasteiger charge is 2.03. The van der Waals surface area contributed by atoms with Crippen LogP contribution in [0.15, 0.2) is 34.8 Å². The fraction of sp³-hybridized carbons (Fsp3) is 0.0909. The molecule has 1 aromatic carbocycles. The van der Waals surface area contributed by atoms with Crippen molar-refractivity contribution in [2.45, 2.75) is 6.42 Å². The standard InChI is InChI=1S/C11H8BrN3/c12-9-3-1-2-8(6-9)11-7-10(4-5-13)14-15-11/h1-3,6-7H,4H2,(H,14,15). The summed E-state index contributed by atoms with van der Waals surface area (Å²) in [6.07, 6.45) is 0.362. The van der Waals surface area contributed by atoms with Gasteiger partial charge in [-0.2, -0.15) is 10.4 Å². The normalized spacial score (nSPS) is 9.87. The van der Waals surface area contributed by atoms with E-state index in [1.54, 1.807) is 0 Å². The van der Waals surface area contributed by atoms with Crippen LogP contribution < -0.4 is 0 Å². The molecule has 0 bridgehead atoms. The molecule has 3 nitrogen and oxygen atoms in total. The van der Waals surface area contributed by atoms with Gasteiger partial charge in [-0.3, -0.25) is 5.10 Å². The third-order valence-corrected chi connectivity index (χ3v) is 2.51. The van der Waals surface area contributed by atoms with E-state index in [1.165, 1.54) is 0 Å². The van der Waals surface area contributed by atoms with Gasteiger partial charge in [-0.1, -0.05) is 28.1 Å². The summed E-state index contributed by atoms with van der Waals surface area (Å²) < 4.78 is 1.02. The number of nitriles is 1. The molecular formula is C11H8BrN3. The van der Waals surface area contributed by atoms with Gasteiger partial charge in [0.1, 0.15) is 0 Å². The minimum absolute atomic E-state index is 0.362. The first-order valence-electron chi connectivity index (χ1n) is 4.47. The van der Waals surface area contributed by atoms with Crippen molar-refractivity contribution in [2.24, 2.45) is 0 Å². The van der Waals surface area contributed by atoms with Crippen LogP contribution >= 0.6 is 15.9 Å². The zero-order valence-electron chi connectivity index (χ0n) is 7.87. The average molecular weight is 262 g/mol. The molecule has 0 saturated carbocycles. The van der Waals surface area contributed by atoms with Gasteiger partial charge in [-0.15, -0.1) is 0 Å². The predicted molar refractivity (Wildman–Crippen MR) is 61.0 cm³/mol. The van der Waals surface area contributed by atoms with E-state index in [-0.39, 0.29) is 0 Å². The van der Waals surface area contributed by atoms with E-state index in [4.69, 9.17) is 5.26 Å². The van der Waals surface area contributed by atoms with Gasteiger partial charge in [0.15, 0.2) is 0 Å². The predicted octanol–water partition coefficient (Wildman–Crippen LogP) is 2.91. The van der Waals surface area contributed by atoms with Crippen LogP contribution in [0.2, 0.25) is 0 Å². The number of benzene rings is 1. The van der Waals surface area contributed by atoms with Gasteiger partial charge in [0.25, 0.3) is 0 Å². The molecule has 0 spiro atoms. The highest BCUT2D eigenvalue weighted by molar-refractivity contribution is 9.10. The van der Waals surface area contributed by atoms with Crippen molar-refractivity contribution in [3.8, 4) is 17.3 Å². The molecule has 0 aliphatic heterocycles. The minimum atomic E-state index is 0.362. The van der Waals surface area contributed by atoms with Crippen LogP contribution in [0.5, 0.6) is 0 Å². The minimum Gasteiger partial charge on any atom is -0.281 e. The number of nitrogens with one attached hydrogen (secondary N) is 1. The van der Waals surface area contributed by atoms with E-state index in [9.17, 15) is 0 Å². The van der Waals surface area contributed by atoms with E-state index in [0.717, 1.165) is 21.4 Å². The third kappa shape index (κ3) is 2.25. The molecule has 1 aromatic heterocycles. The molecule has 0 amide bonds. The number of hydrogen-bond acceptors (Lipinski definition) is 2. The molecule has 0 unspecified atom stereocenters. The van der Waals surface area contributed by atoms with Crippen molar-refractivity contribution in [3.05, 3.63) is 40.5 Å². The maximum atomic E-state index is 8.54. The SMILES string of the molecule is N#CCc1cc(-c2cccc(Br)c2)n[nH]1. The third-order valence-electron chi connectivity index (χ3n) is 2.02. The van der Waals surface area contributed by atoms with Crippen molar-refractivity contribution >= 4 is 15.9 Å². The number of halogens is 1. The second-order valence-corrected chi connectivity index (χ2v) is 4.04. The largest absolute Gasteiger partial charge is 0.281 e. The summed E-state index contributed by atoms with van der Waals surface area (Å²) in [4.78, 5) is 0. The Kier molecular flexibility index (Phi) is 2.84. The lowest BCUT2D eigenvalue weighted by atomic mass is 10.1. The Morgan fingerprint density at radius 1 is 1.40 bits per heavy atom. The Morgan fingerprint density at radius 3 is 3.00 bits per heavy atom. The molecule has 2 aromatic rings. The van der Waals surface area contributed by atoms with Crippen molar-refractivity contribution in [3.63, 3.8) is 0 Å². The Labute approximate surface area is 95.9 Å². The van der Waals surface area contributed by atoms with Crippen molar-refractivity contribution in [1.82, 2.24) is 10.2 Å². The summed E-state index contributed by atoms with van der Waals surface area (Å²) >= 11 is 3.41. The van der Waals surface area contributed by atoms with Gasteiger partial charge in [0.05, 0.1) is 18.2 Å². The van der Waals surface area contributed by atoms with Crippen LogP contribution in [0, 0.1) is 11.3 Å². The average Bonchev–Trinajstić information content (AvgIpc) is 2.67. The second kappa shape index (κ2) is 4.28. The number of H-pyrrole nitrogens is 1. The first kappa shape index (κ1) is 9.94. The number of aromatic nitrogens is 2. The molecule has 1 N–H and O–H groups in total. The monoisotopic (exact) mass is 261 g/mol. The Hall–Kier alpha value is -1.60. The smallest absolute Gasteiger partial charge is 0.0924 e. The summed E-state index contributed by atoms with van der Waals surface area (Å²) in [5.41, 5.74) is 2.74. The van der Waals surface area contributed by atoms with Crippen LogP contribution in [-0.2, 0) is 6.42 Å². The first-order chi connectivity index (χ1) is 7.29. The molecule has 0 fully saturated rings. The lowest BCUT2D eigenvalue weighted by molar-refractivity contribution is 1.02. The molecule has 2 rings (SSSR count). The summed E-state index contributed by atoms with van der Waals surface area (Å²) in [6, 6.07) is 11.9. The van der Waals surface area contributed by atoms with Gasteiger partial charge in [-0.05, 0) is 18.2 Å². The van der Waals surface area contributed by atoms with Crippen LogP contribution in [0.3, 0.4) is 0 Å². The lowest BCUT2D eigenvalue weighted by Gasteiger charge is -1.95. The van der Waals surface area contributed by atoms with Crippen LogP contribution in [-0.4, -0.2) is 10.2 Å². The Morgan fingerprint density at radius 2 is 2.27 bits per heavy atom. The highest BCUT2D eigenvalue weighted by atomic mass is 79.9. The first-order valence-corrected chi connectivity index (χ1v) is 5.26. The molecular weight excluding hydrogens is 254 g/mol. The van der Waals surface area contributed by atoms with E-state index < -0.39 is 0 Å². The topological polar surface area (TPSA) is 52.5 Å². The van der Waals surface area contributed by atoms with Crippen molar-refractivity contribution < 1.29 is 0 Å². The summed E-state index contributed by atoms with van der Waals surface area (Å²) in [6.45, 7) is 0. The second-order valence-electron chi connectivity index (χ2n) is 3.12. The quantitative estimate of drug-likeness (QED) is 0.904. The summed E-state index contributed by atoms with van der Waals surface area (Å²) in [5.74, 6) is 0. The molecule has 0 saturated heterocycles. The molecule has 4 heteroatoms. The maximum absolute atomic E-state index is 8.54. The van der Waals surface area contributed by atoms with Gasteiger partial charge in [-0.25, -0.2) is 0 Å². The van der Waals surface area contributed by atoms with Gasteiger partial charge < -0.3 is 0 Å². The molecule has 0 atom stereocenters. The highest BCUT2D eigenvalue weighted by Crippen LogP contribution is 2.21. The number of nitrogens with zero attached hydrogens (tertiary/aromatic N) is 2. The number of hydrogen-bond donors (Lipinski definition) is 1. The zero-order valence-corrected chi connectivity index (χ0v) is 9.45. The van der Waals surface area contributed by atoms with Crippen LogP contribution in [0.1, 0.15) is 5.69 Å². The Balaban J connectivity index is 2.34. The summed E-state index contributed by atoms with van der Waals surface area (Å²) in [7, 11) is 0. The van der Waals surface area contributed by atoms with Gasteiger partial charge in [0, 0.05) is 15.7 Å². The molecule has 1 heterocycles. The molecule has 74 valence electrons. The summed E-state index contributed by atoms with van der Waals surface area (Å²) in [5, 5.41) is 15.5. The van der Waals surface area contributed by atoms with Crippen molar-refractivity contribution in [1.29, 1.82) is 5.26 Å².